The predicted octanol–water partition coefficient (Wildman–Crippen LogP) is 3.15. The molecule has 3 heterocycles. The van der Waals surface area contributed by atoms with E-state index in [4.69, 9.17) is 29.3 Å². The van der Waals surface area contributed by atoms with E-state index in [-0.39, 0.29) is 6.01 Å². The fraction of sp³-hybridized carbons (Fsp3) is 0.286. The smallest absolute Gasteiger partial charge is 0.346 e. The zero-order chi connectivity index (χ0) is 20.8. The van der Waals surface area contributed by atoms with Crippen LogP contribution in [0.15, 0.2) is 34.7 Å². The second-order valence-corrected chi connectivity index (χ2v) is 7.10. The van der Waals surface area contributed by atoms with E-state index >= 15 is 0 Å². The summed E-state index contributed by atoms with van der Waals surface area (Å²) in [5, 5.41) is 0. The Morgan fingerprint density at radius 2 is 2.10 bits per heavy atom. The number of carbonyl (C=O) groups excluding carboxylic acids is 1. The number of oxazole rings is 1. The van der Waals surface area contributed by atoms with Crippen LogP contribution in [0.3, 0.4) is 0 Å². The van der Waals surface area contributed by atoms with E-state index in [2.05, 4.69) is 9.55 Å². The van der Waals surface area contributed by atoms with Crippen molar-refractivity contribution in [2.24, 2.45) is 0 Å². The Balaban J connectivity index is 1.63. The van der Waals surface area contributed by atoms with Gasteiger partial charge >= 0.3 is 5.97 Å². The summed E-state index contributed by atoms with van der Waals surface area (Å²) < 4.78 is 24.0. The molecule has 2 aromatic carbocycles. The zero-order valence-electron chi connectivity index (χ0n) is 16.5. The molecule has 2 N–H and O–H groups in total. The van der Waals surface area contributed by atoms with Crippen molar-refractivity contribution in [2.75, 3.05) is 19.5 Å². The number of methoxy groups -OCH3 is 1. The zero-order valence-corrected chi connectivity index (χ0v) is 16.5. The minimum Gasteiger partial charge on any atom is -0.491 e. The molecule has 9 nitrogen and oxygen atoms in total. The van der Waals surface area contributed by atoms with Gasteiger partial charge in [-0.15, -0.1) is 0 Å². The minimum atomic E-state index is -0.744. The van der Waals surface area contributed by atoms with E-state index in [1.54, 1.807) is 19.1 Å². The Labute approximate surface area is 171 Å². The molecule has 0 unspecified atom stereocenters. The van der Waals surface area contributed by atoms with Gasteiger partial charge < -0.3 is 28.9 Å². The third-order valence-corrected chi connectivity index (χ3v) is 5.07. The summed E-state index contributed by atoms with van der Waals surface area (Å²) in [6.07, 6.45) is 0.0909. The number of esters is 1. The van der Waals surface area contributed by atoms with Gasteiger partial charge in [0, 0.05) is 24.2 Å². The van der Waals surface area contributed by atoms with Gasteiger partial charge in [-0.25, -0.2) is 9.78 Å². The number of fused-ring (bicyclic) bond motifs is 1. The summed E-state index contributed by atoms with van der Waals surface area (Å²) in [4.78, 5) is 20.8. The molecule has 5 rings (SSSR count). The van der Waals surface area contributed by atoms with Crippen LogP contribution in [-0.2, 0) is 16.1 Å². The molecule has 4 aromatic rings. The number of aromatic nitrogens is 3. The Morgan fingerprint density at radius 1 is 1.23 bits per heavy atom. The second-order valence-electron chi connectivity index (χ2n) is 7.10. The molecular weight excluding hydrogens is 388 g/mol. The fourth-order valence-corrected chi connectivity index (χ4v) is 3.73. The van der Waals surface area contributed by atoms with Gasteiger partial charge in [0.25, 0.3) is 6.01 Å². The summed E-state index contributed by atoms with van der Waals surface area (Å²) in [7, 11) is 1.33. The van der Waals surface area contributed by atoms with Crippen molar-refractivity contribution < 1.29 is 23.4 Å². The van der Waals surface area contributed by atoms with Crippen molar-refractivity contribution >= 4 is 34.1 Å². The molecule has 0 fully saturated rings. The molecule has 1 aliphatic heterocycles. The van der Waals surface area contributed by atoms with Gasteiger partial charge in [0.15, 0.2) is 11.7 Å². The SMILES string of the molecule is COC(=O)[C@H](C)Oc1cc2c3c(c1)nc(-c1ccc4oc(N)nc4c1)n3CCCO2. The third-order valence-electron chi connectivity index (χ3n) is 5.07. The molecule has 0 radical (unpaired) electrons. The molecule has 0 aliphatic carbocycles. The maximum atomic E-state index is 11.7. The number of carbonyl (C=O) groups is 1. The van der Waals surface area contributed by atoms with Crippen LogP contribution in [0.5, 0.6) is 11.5 Å². The lowest BCUT2D eigenvalue weighted by Gasteiger charge is -2.13. The van der Waals surface area contributed by atoms with E-state index in [1.807, 2.05) is 18.2 Å². The van der Waals surface area contributed by atoms with E-state index in [0.717, 1.165) is 35.4 Å². The lowest BCUT2D eigenvalue weighted by molar-refractivity contribution is -0.147. The highest BCUT2D eigenvalue weighted by Gasteiger charge is 2.23. The highest BCUT2D eigenvalue weighted by atomic mass is 16.6. The largest absolute Gasteiger partial charge is 0.491 e. The standard InChI is InChI=1S/C21H20N4O5/c1-11(20(26)27-2)29-13-9-15-18-17(10-13)28-7-3-6-25(18)19(23-15)12-4-5-16-14(8-12)24-21(22)30-16/h4-5,8-11H,3,6-7H2,1-2H3,(H2,22,24)/t11-/m0/s1. The molecule has 30 heavy (non-hydrogen) atoms. The van der Waals surface area contributed by atoms with Gasteiger partial charge in [-0.05, 0) is 31.5 Å². The lowest BCUT2D eigenvalue weighted by Crippen LogP contribution is -2.24. The quantitative estimate of drug-likeness (QED) is 0.512. The average molecular weight is 408 g/mol. The maximum Gasteiger partial charge on any atom is 0.346 e. The van der Waals surface area contributed by atoms with Crippen LogP contribution >= 0.6 is 0 Å². The number of hydrogen-bond acceptors (Lipinski definition) is 8. The summed E-state index contributed by atoms with van der Waals surface area (Å²) >= 11 is 0. The average Bonchev–Trinajstić information content (AvgIpc) is 3.21. The minimum absolute atomic E-state index is 0.130. The van der Waals surface area contributed by atoms with Gasteiger partial charge in [-0.3, -0.25) is 0 Å². The van der Waals surface area contributed by atoms with Crippen molar-refractivity contribution in [3.8, 4) is 22.9 Å². The van der Waals surface area contributed by atoms with E-state index in [9.17, 15) is 4.79 Å². The van der Waals surface area contributed by atoms with Crippen LogP contribution in [-0.4, -0.2) is 40.3 Å². The molecule has 0 saturated carbocycles. The van der Waals surface area contributed by atoms with Gasteiger partial charge in [-0.1, -0.05) is 0 Å². The predicted molar refractivity (Wildman–Crippen MR) is 109 cm³/mol. The van der Waals surface area contributed by atoms with Crippen LogP contribution in [0.1, 0.15) is 13.3 Å². The van der Waals surface area contributed by atoms with Crippen molar-refractivity contribution in [2.45, 2.75) is 26.0 Å². The highest BCUT2D eigenvalue weighted by Crippen LogP contribution is 2.37. The molecule has 0 spiro atoms. The summed E-state index contributed by atoms with van der Waals surface area (Å²) in [5.41, 5.74) is 9.47. The molecule has 1 aliphatic rings. The first-order valence-corrected chi connectivity index (χ1v) is 9.61. The Hall–Kier alpha value is -3.75. The molecule has 0 amide bonds. The van der Waals surface area contributed by atoms with Crippen LogP contribution in [0.25, 0.3) is 33.5 Å². The topological polar surface area (TPSA) is 115 Å². The fourth-order valence-electron chi connectivity index (χ4n) is 3.73. The monoisotopic (exact) mass is 408 g/mol. The van der Waals surface area contributed by atoms with E-state index in [1.165, 1.54) is 7.11 Å². The lowest BCUT2D eigenvalue weighted by atomic mass is 10.2. The number of rotatable bonds is 4. The van der Waals surface area contributed by atoms with Crippen molar-refractivity contribution in [3.63, 3.8) is 0 Å². The van der Waals surface area contributed by atoms with Crippen LogP contribution in [0.2, 0.25) is 0 Å². The number of imidazole rings is 1. The number of nitrogens with zero attached hydrogens (tertiary/aromatic N) is 3. The molecule has 9 heteroatoms. The van der Waals surface area contributed by atoms with Crippen LogP contribution in [0.4, 0.5) is 6.01 Å². The number of anilines is 1. The number of nitrogen functional groups attached to an aromatic ring is 1. The van der Waals surface area contributed by atoms with Gasteiger partial charge in [-0.2, -0.15) is 4.98 Å². The molecule has 154 valence electrons. The number of benzene rings is 2. The van der Waals surface area contributed by atoms with Gasteiger partial charge in [0.2, 0.25) is 0 Å². The maximum absolute atomic E-state index is 11.7. The first-order valence-electron chi connectivity index (χ1n) is 9.61. The van der Waals surface area contributed by atoms with Crippen molar-refractivity contribution in [1.29, 1.82) is 0 Å². The van der Waals surface area contributed by atoms with Crippen molar-refractivity contribution in [3.05, 3.63) is 30.3 Å². The molecular formula is C21H20N4O5. The molecule has 0 bridgehead atoms. The first kappa shape index (κ1) is 18.3. The Bertz CT molecular complexity index is 1280. The summed E-state index contributed by atoms with van der Waals surface area (Å²) in [6.45, 7) is 2.97. The van der Waals surface area contributed by atoms with Gasteiger partial charge in [0.05, 0.1) is 19.2 Å². The van der Waals surface area contributed by atoms with E-state index in [0.29, 0.717) is 29.2 Å². The van der Waals surface area contributed by atoms with Gasteiger partial charge in [0.1, 0.15) is 28.4 Å². The highest BCUT2D eigenvalue weighted by molar-refractivity contribution is 5.89. The molecule has 2 aromatic heterocycles. The number of ether oxygens (including phenoxy) is 3. The molecule has 1 atom stereocenters. The number of hydrogen-bond donors (Lipinski definition) is 1. The van der Waals surface area contributed by atoms with Crippen LogP contribution < -0.4 is 15.2 Å². The second kappa shape index (κ2) is 6.94. The molecule has 0 saturated heterocycles. The Kier molecular flexibility index (Phi) is 4.23. The summed E-state index contributed by atoms with van der Waals surface area (Å²) in [6, 6.07) is 9.39. The third kappa shape index (κ3) is 2.99. The summed E-state index contributed by atoms with van der Waals surface area (Å²) in [5.74, 6) is 1.50. The normalized spacial score (nSPS) is 14.3. The van der Waals surface area contributed by atoms with E-state index < -0.39 is 12.1 Å². The van der Waals surface area contributed by atoms with Crippen LogP contribution in [0, 0.1) is 0 Å². The Morgan fingerprint density at radius 3 is 2.93 bits per heavy atom. The first-order chi connectivity index (χ1) is 14.5. The van der Waals surface area contributed by atoms with Crippen molar-refractivity contribution in [1.82, 2.24) is 14.5 Å². The number of aryl methyl sites for hydroxylation is 1. The number of nitrogens with two attached hydrogens (primary N) is 1.